The molecule has 1 fully saturated rings. The highest BCUT2D eigenvalue weighted by molar-refractivity contribution is 5.75. The maximum atomic E-state index is 13.5. The van der Waals surface area contributed by atoms with E-state index in [-0.39, 0.29) is 12.0 Å². The number of hydrogen-bond acceptors (Lipinski definition) is 3. The topological polar surface area (TPSA) is 29.5 Å². The van der Waals surface area contributed by atoms with Crippen molar-refractivity contribution < 1.29 is 13.9 Å². The Morgan fingerprint density at radius 1 is 1.39 bits per heavy atom. The van der Waals surface area contributed by atoms with Crippen molar-refractivity contribution in [3.63, 3.8) is 0 Å². The van der Waals surface area contributed by atoms with Crippen LogP contribution >= 0.6 is 0 Å². The SMILES string of the molecule is COC(=O)[C@@H]1CC[C@@H](F)CN1Cc1ccccc1. The highest BCUT2D eigenvalue weighted by Gasteiger charge is 2.33. The van der Waals surface area contributed by atoms with Crippen molar-refractivity contribution in [1.29, 1.82) is 0 Å². The fraction of sp³-hybridized carbons (Fsp3) is 0.500. The zero-order valence-corrected chi connectivity index (χ0v) is 10.5. The second-order valence-corrected chi connectivity index (χ2v) is 4.63. The van der Waals surface area contributed by atoms with Crippen LogP contribution in [0.1, 0.15) is 18.4 Å². The van der Waals surface area contributed by atoms with Crippen LogP contribution in [0.4, 0.5) is 4.39 Å². The lowest BCUT2D eigenvalue weighted by Crippen LogP contribution is -2.48. The number of carbonyl (C=O) groups is 1. The summed E-state index contributed by atoms with van der Waals surface area (Å²) in [6.07, 6.45) is 0.112. The van der Waals surface area contributed by atoms with Crippen LogP contribution in [0.25, 0.3) is 0 Å². The zero-order chi connectivity index (χ0) is 13.0. The standard InChI is InChI=1S/C14H18FNO2/c1-18-14(17)13-8-7-12(15)10-16(13)9-11-5-3-2-4-6-11/h2-6,12-13H,7-10H2,1H3/t12-,13+/m1/s1. The van der Waals surface area contributed by atoms with Crippen molar-refractivity contribution in [3.05, 3.63) is 35.9 Å². The van der Waals surface area contributed by atoms with E-state index < -0.39 is 6.17 Å². The minimum atomic E-state index is -0.852. The molecule has 0 bridgehead atoms. The molecule has 0 aromatic heterocycles. The molecular weight excluding hydrogens is 233 g/mol. The zero-order valence-electron chi connectivity index (χ0n) is 10.5. The van der Waals surface area contributed by atoms with Gasteiger partial charge in [-0.1, -0.05) is 30.3 Å². The Hall–Kier alpha value is -1.42. The Balaban J connectivity index is 2.08. The highest BCUT2D eigenvalue weighted by Crippen LogP contribution is 2.22. The Morgan fingerprint density at radius 3 is 2.78 bits per heavy atom. The third-order valence-corrected chi connectivity index (χ3v) is 3.33. The molecule has 0 unspecified atom stereocenters. The summed E-state index contributed by atoms with van der Waals surface area (Å²) < 4.78 is 18.3. The number of hydrogen-bond donors (Lipinski definition) is 0. The van der Waals surface area contributed by atoms with Gasteiger partial charge in [-0.3, -0.25) is 9.69 Å². The van der Waals surface area contributed by atoms with E-state index in [1.165, 1.54) is 7.11 Å². The molecule has 0 radical (unpaired) electrons. The summed E-state index contributed by atoms with van der Waals surface area (Å²) in [7, 11) is 1.38. The number of piperidine rings is 1. The van der Waals surface area contributed by atoms with Crippen LogP contribution in [0, 0.1) is 0 Å². The molecule has 1 aliphatic heterocycles. The lowest BCUT2D eigenvalue weighted by Gasteiger charge is -2.35. The molecule has 2 atom stereocenters. The number of esters is 1. The minimum Gasteiger partial charge on any atom is -0.468 e. The molecule has 0 amide bonds. The molecule has 0 N–H and O–H groups in total. The molecule has 98 valence electrons. The lowest BCUT2D eigenvalue weighted by molar-refractivity contribution is -0.149. The van der Waals surface area contributed by atoms with Gasteiger partial charge in [-0.25, -0.2) is 4.39 Å². The molecule has 0 spiro atoms. The van der Waals surface area contributed by atoms with Crippen molar-refractivity contribution >= 4 is 5.97 Å². The number of benzene rings is 1. The molecule has 1 saturated heterocycles. The van der Waals surface area contributed by atoms with Crippen LogP contribution in [-0.4, -0.2) is 36.7 Å². The van der Waals surface area contributed by atoms with Gasteiger partial charge in [0.25, 0.3) is 0 Å². The summed E-state index contributed by atoms with van der Waals surface area (Å²) >= 11 is 0. The molecule has 0 aliphatic carbocycles. The van der Waals surface area contributed by atoms with Gasteiger partial charge in [0.05, 0.1) is 7.11 Å². The van der Waals surface area contributed by atoms with E-state index in [2.05, 4.69) is 0 Å². The number of methoxy groups -OCH3 is 1. The third kappa shape index (κ3) is 3.07. The maximum absolute atomic E-state index is 13.5. The summed E-state index contributed by atoms with van der Waals surface area (Å²) in [4.78, 5) is 13.6. The first kappa shape index (κ1) is 13.0. The van der Waals surface area contributed by atoms with Gasteiger partial charge in [0.2, 0.25) is 0 Å². The van der Waals surface area contributed by atoms with Crippen LogP contribution < -0.4 is 0 Å². The largest absolute Gasteiger partial charge is 0.468 e. The first-order valence-electron chi connectivity index (χ1n) is 6.20. The van der Waals surface area contributed by atoms with E-state index in [9.17, 15) is 9.18 Å². The number of likely N-dealkylation sites (tertiary alicyclic amines) is 1. The first-order valence-corrected chi connectivity index (χ1v) is 6.20. The predicted octanol–water partition coefficient (Wildman–Crippen LogP) is 2.16. The van der Waals surface area contributed by atoms with Crippen LogP contribution in [0.15, 0.2) is 30.3 Å². The number of nitrogens with zero attached hydrogens (tertiary/aromatic N) is 1. The second-order valence-electron chi connectivity index (χ2n) is 4.63. The minimum absolute atomic E-state index is 0.266. The van der Waals surface area contributed by atoms with E-state index in [4.69, 9.17) is 4.74 Å². The van der Waals surface area contributed by atoms with Crippen molar-refractivity contribution in [2.45, 2.75) is 31.6 Å². The molecule has 1 aromatic carbocycles. The molecule has 1 heterocycles. The van der Waals surface area contributed by atoms with Crippen LogP contribution in [-0.2, 0) is 16.1 Å². The average molecular weight is 251 g/mol. The summed E-state index contributed by atoms with van der Waals surface area (Å²) in [5.41, 5.74) is 1.08. The number of alkyl halides is 1. The van der Waals surface area contributed by atoms with Crippen molar-refractivity contribution in [2.24, 2.45) is 0 Å². The summed E-state index contributed by atoms with van der Waals surface area (Å²) in [5.74, 6) is -0.266. The van der Waals surface area contributed by atoms with E-state index in [0.717, 1.165) is 5.56 Å². The van der Waals surface area contributed by atoms with Crippen LogP contribution in [0.5, 0.6) is 0 Å². The Bertz CT molecular complexity index is 396. The number of carbonyl (C=O) groups excluding carboxylic acids is 1. The predicted molar refractivity (Wildman–Crippen MR) is 66.8 cm³/mol. The van der Waals surface area contributed by atoms with Gasteiger partial charge >= 0.3 is 5.97 Å². The quantitative estimate of drug-likeness (QED) is 0.771. The summed E-state index contributed by atoms with van der Waals surface area (Å²) in [6.45, 7) is 0.885. The van der Waals surface area contributed by atoms with Crippen molar-refractivity contribution in [3.8, 4) is 0 Å². The molecule has 18 heavy (non-hydrogen) atoms. The number of ether oxygens (including phenoxy) is 1. The highest BCUT2D eigenvalue weighted by atomic mass is 19.1. The Labute approximate surface area is 107 Å². The van der Waals surface area contributed by atoms with Gasteiger partial charge in [-0.15, -0.1) is 0 Å². The normalized spacial score (nSPS) is 24.8. The van der Waals surface area contributed by atoms with Gasteiger partial charge in [0, 0.05) is 13.1 Å². The van der Waals surface area contributed by atoms with Crippen LogP contribution in [0.3, 0.4) is 0 Å². The van der Waals surface area contributed by atoms with Crippen LogP contribution in [0.2, 0.25) is 0 Å². The van der Waals surface area contributed by atoms with E-state index in [1.807, 2.05) is 35.2 Å². The van der Waals surface area contributed by atoms with Crippen molar-refractivity contribution in [2.75, 3.05) is 13.7 Å². The first-order chi connectivity index (χ1) is 8.70. The smallest absolute Gasteiger partial charge is 0.323 e. The van der Waals surface area contributed by atoms with E-state index in [0.29, 0.717) is 25.9 Å². The third-order valence-electron chi connectivity index (χ3n) is 3.33. The second kappa shape index (κ2) is 5.96. The average Bonchev–Trinajstić information content (AvgIpc) is 2.39. The fourth-order valence-electron chi connectivity index (χ4n) is 2.39. The molecule has 0 saturated carbocycles. The molecule has 3 nitrogen and oxygen atoms in total. The van der Waals surface area contributed by atoms with Gasteiger partial charge in [-0.2, -0.15) is 0 Å². The van der Waals surface area contributed by atoms with Crippen molar-refractivity contribution in [1.82, 2.24) is 4.90 Å². The maximum Gasteiger partial charge on any atom is 0.323 e. The fourth-order valence-corrected chi connectivity index (χ4v) is 2.39. The summed E-state index contributed by atoms with van der Waals surface area (Å²) in [5, 5.41) is 0. The van der Waals surface area contributed by atoms with Gasteiger partial charge in [0.15, 0.2) is 0 Å². The number of halogens is 1. The molecule has 1 aliphatic rings. The Morgan fingerprint density at radius 2 is 2.11 bits per heavy atom. The Kier molecular flexibility index (Phi) is 4.31. The molecular formula is C14H18FNO2. The monoisotopic (exact) mass is 251 g/mol. The van der Waals surface area contributed by atoms with E-state index in [1.54, 1.807) is 0 Å². The molecule has 4 heteroatoms. The van der Waals surface area contributed by atoms with Gasteiger partial charge in [0.1, 0.15) is 12.2 Å². The number of rotatable bonds is 3. The van der Waals surface area contributed by atoms with E-state index >= 15 is 0 Å². The van der Waals surface area contributed by atoms with Gasteiger partial charge in [-0.05, 0) is 18.4 Å². The lowest BCUT2D eigenvalue weighted by atomic mass is 10.00. The molecule has 1 aromatic rings. The van der Waals surface area contributed by atoms with Gasteiger partial charge < -0.3 is 4.74 Å². The summed E-state index contributed by atoms with van der Waals surface area (Å²) in [6, 6.07) is 9.47. The molecule has 2 rings (SSSR count).